The van der Waals surface area contributed by atoms with E-state index in [1.165, 1.54) is 7.05 Å². The normalized spacial score (nSPS) is 34.8. The molecule has 0 radical (unpaired) electrons. The fourth-order valence-electron chi connectivity index (χ4n) is 3.25. The van der Waals surface area contributed by atoms with Crippen molar-refractivity contribution in [3.05, 3.63) is 0 Å². The molecule has 104 valence electrons. The Morgan fingerprint density at radius 2 is 2.00 bits per heavy atom. The summed E-state index contributed by atoms with van der Waals surface area (Å²) in [7, 11) is -1.89. The molecule has 0 heterocycles. The zero-order valence-corrected chi connectivity index (χ0v) is 11.4. The van der Waals surface area contributed by atoms with Gasteiger partial charge in [0, 0.05) is 12.6 Å². The van der Waals surface area contributed by atoms with Gasteiger partial charge in [-0.2, -0.15) is 0 Å². The highest BCUT2D eigenvalue weighted by Gasteiger charge is 2.48. The van der Waals surface area contributed by atoms with Crippen molar-refractivity contribution in [2.75, 3.05) is 19.3 Å². The first-order valence-electron chi connectivity index (χ1n) is 6.39. The van der Waals surface area contributed by atoms with Gasteiger partial charge in [-0.1, -0.05) is 0 Å². The van der Waals surface area contributed by atoms with Gasteiger partial charge in [-0.3, -0.25) is 4.79 Å². The second-order valence-electron chi connectivity index (χ2n) is 5.25. The Labute approximate surface area is 108 Å². The van der Waals surface area contributed by atoms with Gasteiger partial charge in [-0.25, -0.2) is 13.1 Å². The molecule has 7 heteroatoms. The highest BCUT2D eigenvalue weighted by molar-refractivity contribution is 7.89. The van der Waals surface area contributed by atoms with E-state index in [-0.39, 0.29) is 30.2 Å². The molecule has 0 saturated heterocycles. The number of amides is 1. The summed E-state index contributed by atoms with van der Waals surface area (Å²) in [5.41, 5.74) is 6.06. The summed E-state index contributed by atoms with van der Waals surface area (Å²) in [5, 5.41) is 2.69. The highest BCUT2D eigenvalue weighted by atomic mass is 32.2. The molecule has 18 heavy (non-hydrogen) atoms. The maximum atomic E-state index is 12.0. The lowest BCUT2D eigenvalue weighted by Crippen LogP contribution is -2.46. The molecule has 4 atom stereocenters. The first kappa shape index (κ1) is 13.8. The molecule has 1 amide bonds. The van der Waals surface area contributed by atoms with E-state index in [2.05, 4.69) is 10.0 Å². The average molecular weight is 275 g/mol. The van der Waals surface area contributed by atoms with Gasteiger partial charge in [-0.05, 0) is 38.1 Å². The van der Waals surface area contributed by atoms with Crippen molar-refractivity contribution >= 4 is 15.9 Å². The second kappa shape index (κ2) is 5.14. The molecular weight excluding hydrogens is 254 g/mol. The summed E-state index contributed by atoms with van der Waals surface area (Å²) in [6.07, 6.45) is 3.25. The van der Waals surface area contributed by atoms with Crippen LogP contribution in [0.4, 0.5) is 0 Å². The summed E-state index contributed by atoms with van der Waals surface area (Å²) < 4.78 is 24.6. The molecule has 4 unspecified atom stereocenters. The van der Waals surface area contributed by atoms with E-state index in [0.29, 0.717) is 11.8 Å². The van der Waals surface area contributed by atoms with Crippen molar-refractivity contribution in [1.29, 1.82) is 0 Å². The molecule has 0 spiro atoms. The van der Waals surface area contributed by atoms with Crippen LogP contribution in [0.25, 0.3) is 0 Å². The molecule has 0 aromatic carbocycles. The van der Waals surface area contributed by atoms with Gasteiger partial charge in [0.05, 0.1) is 11.7 Å². The lowest BCUT2D eigenvalue weighted by atomic mass is 9.84. The predicted octanol–water partition coefficient (Wildman–Crippen LogP) is -0.975. The number of sulfonamides is 1. The third-order valence-electron chi connectivity index (χ3n) is 4.26. The Hall–Kier alpha value is -0.660. The Balaban J connectivity index is 1.82. The van der Waals surface area contributed by atoms with E-state index in [1.54, 1.807) is 0 Å². The standard InChI is InChI=1S/C11H21N3O3S/c1-13-18(16,17)5-4-14-11(15)9-7-2-3-8(6-7)10(9)12/h7-10,13H,2-6,12H2,1H3,(H,14,15). The lowest BCUT2D eigenvalue weighted by Gasteiger charge is -2.26. The quantitative estimate of drug-likeness (QED) is 0.600. The third-order valence-corrected chi connectivity index (χ3v) is 5.63. The number of nitrogens with two attached hydrogens (primary N) is 1. The minimum atomic E-state index is -3.26. The topological polar surface area (TPSA) is 101 Å². The minimum Gasteiger partial charge on any atom is -0.355 e. The summed E-state index contributed by atoms with van der Waals surface area (Å²) >= 11 is 0. The molecule has 0 aromatic rings. The van der Waals surface area contributed by atoms with Crippen molar-refractivity contribution in [3.8, 4) is 0 Å². The van der Waals surface area contributed by atoms with Gasteiger partial charge in [0.2, 0.25) is 15.9 Å². The van der Waals surface area contributed by atoms with Gasteiger partial charge in [-0.15, -0.1) is 0 Å². The zero-order valence-electron chi connectivity index (χ0n) is 10.6. The van der Waals surface area contributed by atoms with Crippen LogP contribution < -0.4 is 15.8 Å². The van der Waals surface area contributed by atoms with Crippen LogP contribution in [0.15, 0.2) is 0 Å². The first-order valence-corrected chi connectivity index (χ1v) is 8.04. The number of carbonyl (C=O) groups is 1. The van der Waals surface area contributed by atoms with Gasteiger partial charge in [0.25, 0.3) is 0 Å². The molecule has 2 fully saturated rings. The van der Waals surface area contributed by atoms with E-state index < -0.39 is 10.0 Å². The summed E-state index contributed by atoms with van der Waals surface area (Å²) in [4.78, 5) is 12.0. The Morgan fingerprint density at radius 3 is 2.56 bits per heavy atom. The van der Waals surface area contributed by atoms with Crippen molar-refractivity contribution in [3.63, 3.8) is 0 Å². The van der Waals surface area contributed by atoms with Crippen LogP contribution in [0.3, 0.4) is 0 Å². The van der Waals surface area contributed by atoms with Gasteiger partial charge >= 0.3 is 0 Å². The van der Waals surface area contributed by atoms with Crippen molar-refractivity contribution < 1.29 is 13.2 Å². The maximum absolute atomic E-state index is 12.0. The van der Waals surface area contributed by atoms with E-state index in [9.17, 15) is 13.2 Å². The first-order chi connectivity index (χ1) is 8.44. The van der Waals surface area contributed by atoms with Crippen molar-refractivity contribution in [2.45, 2.75) is 25.3 Å². The van der Waals surface area contributed by atoms with E-state index >= 15 is 0 Å². The average Bonchev–Trinajstić information content (AvgIpc) is 2.89. The van der Waals surface area contributed by atoms with Crippen LogP contribution in [0, 0.1) is 17.8 Å². The number of nitrogens with one attached hydrogen (secondary N) is 2. The van der Waals surface area contributed by atoms with Crippen LogP contribution in [-0.2, 0) is 14.8 Å². The molecule has 2 aliphatic rings. The van der Waals surface area contributed by atoms with Crippen LogP contribution in [0.1, 0.15) is 19.3 Å². The molecule has 2 bridgehead atoms. The SMILES string of the molecule is CNS(=O)(=O)CCNC(=O)C1C2CCC(C2)C1N. The highest BCUT2D eigenvalue weighted by Crippen LogP contribution is 2.47. The van der Waals surface area contributed by atoms with Gasteiger partial charge in [0.1, 0.15) is 0 Å². The molecule has 2 saturated carbocycles. The summed E-state index contributed by atoms with van der Waals surface area (Å²) in [6, 6.07) is -0.0512. The number of hydrogen-bond donors (Lipinski definition) is 3. The van der Waals surface area contributed by atoms with E-state index in [1.807, 2.05) is 0 Å². The Kier molecular flexibility index (Phi) is 3.93. The number of carbonyl (C=O) groups excluding carboxylic acids is 1. The molecule has 2 aliphatic carbocycles. The number of fused-ring (bicyclic) bond motifs is 2. The Morgan fingerprint density at radius 1 is 1.33 bits per heavy atom. The molecule has 0 aromatic heterocycles. The largest absolute Gasteiger partial charge is 0.355 e. The predicted molar refractivity (Wildman–Crippen MR) is 68.2 cm³/mol. The maximum Gasteiger partial charge on any atom is 0.225 e. The van der Waals surface area contributed by atoms with Crippen LogP contribution in [-0.4, -0.2) is 39.7 Å². The van der Waals surface area contributed by atoms with Crippen LogP contribution in [0.5, 0.6) is 0 Å². The van der Waals surface area contributed by atoms with E-state index in [4.69, 9.17) is 5.73 Å². The van der Waals surface area contributed by atoms with Crippen LogP contribution >= 0.6 is 0 Å². The molecule has 6 nitrogen and oxygen atoms in total. The molecular formula is C11H21N3O3S. The van der Waals surface area contributed by atoms with E-state index in [0.717, 1.165) is 19.3 Å². The Bertz CT molecular complexity index is 421. The van der Waals surface area contributed by atoms with Crippen LogP contribution in [0.2, 0.25) is 0 Å². The lowest BCUT2D eigenvalue weighted by molar-refractivity contribution is -0.126. The monoisotopic (exact) mass is 275 g/mol. The zero-order chi connectivity index (χ0) is 13.3. The fraction of sp³-hybridized carbons (Fsp3) is 0.909. The van der Waals surface area contributed by atoms with Gasteiger partial charge < -0.3 is 11.1 Å². The molecule has 0 aliphatic heterocycles. The number of hydrogen-bond acceptors (Lipinski definition) is 4. The van der Waals surface area contributed by atoms with Gasteiger partial charge in [0.15, 0.2) is 0 Å². The van der Waals surface area contributed by atoms with Crippen molar-refractivity contribution in [2.24, 2.45) is 23.5 Å². The minimum absolute atomic E-state index is 0.0512. The van der Waals surface area contributed by atoms with Crippen molar-refractivity contribution in [1.82, 2.24) is 10.0 Å². The second-order valence-corrected chi connectivity index (χ2v) is 7.30. The smallest absolute Gasteiger partial charge is 0.225 e. The summed E-state index contributed by atoms with van der Waals surface area (Å²) in [5.74, 6) is 0.574. The number of rotatable bonds is 5. The summed E-state index contributed by atoms with van der Waals surface area (Å²) in [6.45, 7) is 0.141. The third kappa shape index (κ3) is 2.67. The fourth-order valence-corrected chi connectivity index (χ4v) is 3.83. The molecule has 4 N–H and O–H groups in total. The molecule has 2 rings (SSSR count).